The number of benzene rings is 2. The molecule has 192 valence electrons. The number of nitrogens with two attached hydrogens (primary N) is 1. The average molecular weight is 506 g/mol. The second kappa shape index (κ2) is 9.87. The zero-order valence-electron chi connectivity index (χ0n) is 20.2. The van der Waals surface area contributed by atoms with Crippen LogP contribution >= 0.6 is 0 Å². The number of rotatable bonds is 7. The van der Waals surface area contributed by atoms with Crippen LogP contribution in [0, 0.1) is 12.7 Å². The third-order valence-electron chi connectivity index (χ3n) is 5.78. The van der Waals surface area contributed by atoms with Crippen molar-refractivity contribution < 1.29 is 32.2 Å². The number of hydrogen-bond acceptors (Lipinski definition) is 5. The maximum Gasteiger partial charge on any atom is 0.424 e. The number of aromatic nitrogens is 1. The standard InChI is InChI=1S/C26H27F4N3O3/c1-15-5-6-17(11-21(15)36-4)23(34)32-14-25(35,26(28,29)30)22-13-18(24(2,3)31)12-20(33-22)16-7-9-19(27)10-8-16/h5-13,35H,14,31H2,1-4H3,(H,32,34). The number of ether oxygens (including phenoxy) is 1. The van der Waals surface area contributed by atoms with Crippen LogP contribution < -0.4 is 15.8 Å². The largest absolute Gasteiger partial charge is 0.496 e. The van der Waals surface area contributed by atoms with E-state index in [-0.39, 0.29) is 16.8 Å². The highest BCUT2D eigenvalue weighted by Crippen LogP contribution is 2.40. The number of methoxy groups -OCH3 is 1. The van der Waals surface area contributed by atoms with Crippen molar-refractivity contribution in [2.45, 2.75) is 38.1 Å². The molecule has 36 heavy (non-hydrogen) atoms. The summed E-state index contributed by atoms with van der Waals surface area (Å²) < 4.78 is 61.4. The maximum atomic E-state index is 14.3. The van der Waals surface area contributed by atoms with Gasteiger partial charge in [0.15, 0.2) is 0 Å². The Hall–Kier alpha value is -3.50. The Labute approximate surface area is 206 Å². The summed E-state index contributed by atoms with van der Waals surface area (Å²) in [6.45, 7) is 3.70. The summed E-state index contributed by atoms with van der Waals surface area (Å²) in [4.78, 5) is 16.7. The lowest BCUT2D eigenvalue weighted by molar-refractivity contribution is -0.265. The number of nitrogens with one attached hydrogen (secondary N) is 1. The van der Waals surface area contributed by atoms with E-state index in [1.54, 1.807) is 26.8 Å². The van der Waals surface area contributed by atoms with Gasteiger partial charge in [0.05, 0.1) is 25.0 Å². The SMILES string of the molecule is COc1cc(C(=O)NCC(O)(c2cc(C(C)(C)N)cc(-c3ccc(F)cc3)n2)C(F)(F)F)ccc1C. The van der Waals surface area contributed by atoms with Gasteiger partial charge in [-0.1, -0.05) is 6.07 Å². The summed E-state index contributed by atoms with van der Waals surface area (Å²) in [5, 5.41) is 13.1. The van der Waals surface area contributed by atoms with E-state index in [9.17, 15) is 27.5 Å². The number of pyridine rings is 1. The molecule has 1 aromatic heterocycles. The Morgan fingerprint density at radius 2 is 1.72 bits per heavy atom. The molecule has 0 aliphatic rings. The van der Waals surface area contributed by atoms with E-state index < -0.39 is 41.3 Å². The first-order valence-electron chi connectivity index (χ1n) is 11.0. The van der Waals surface area contributed by atoms with Gasteiger partial charge in [0.25, 0.3) is 5.91 Å². The number of alkyl halides is 3. The van der Waals surface area contributed by atoms with E-state index >= 15 is 0 Å². The summed E-state index contributed by atoms with van der Waals surface area (Å²) in [6.07, 6.45) is -5.21. The molecule has 0 radical (unpaired) electrons. The molecule has 2 aromatic carbocycles. The summed E-state index contributed by atoms with van der Waals surface area (Å²) >= 11 is 0. The minimum Gasteiger partial charge on any atom is -0.496 e. The Balaban J connectivity index is 2.05. The Bertz CT molecular complexity index is 1250. The first-order chi connectivity index (χ1) is 16.7. The van der Waals surface area contributed by atoms with Gasteiger partial charge < -0.3 is 20.9 Å². The first-order valence-corrected chi connectivity index (χ1v) is 11.0. The number of aryl methyl sites for hydroxylation is 1. The van der Waals surface area contributed by atoms with Gasteiger partial charge in [0.1, 0.15) is 11.6 Å². The molecule has 3 rings (SSSR count). The second-order valence-corrected chi connectivity index (χ2v) is 9.08. The van der Waals surface area contributed by atoms with Crippen LogP contribution in [0.4, 0.5) is 17.6 Å². The third kappa shape index (κ3) is 5.66. The molecule has 1 amide bonds. The van der Waals surface area contributed by atoms with Crippen LogP contribution in [0.1, 0.15) is 41.0 Å². The molecule has 10 heteroatoms. The first kappa shape index (κ1) is 27.1. The van der Waals surface area contributed by atoms with Gasteiger partial charge >= 0.3 is 6.18 Å². The quantitative estimate of drug-likeness (QED) is 0.409. The van der Waals surface area contributed by atoms with Crippen LogP contribution in [0.15, 0.2) is 54.6 Å². The highest BCUT2D eigenvalue weighted by atomic mass is 19.4. The molecule has 4 N–H and O–H groups in total. The predicted molar refractivity (Wildman–Crippen MR) is 127 cm³/mol. The number of halogens is 4. The molecule has 0 fully saturated rings. The fourth-order valence-electron chi connectivity index (χ4n) is 3.49. The smallest absolute Gasteiger partial charge is 0.424 e. The fraction of sp³-hybridized carbons (Fsp3) is 0.308. The van der Waals surface area contributed by atoms with Gasteiger partial charge in [-0.25, -0.2) is 9.37 Å². The normalized spacial score (nSPS) is 13.7. The van der Waals surface area contributed by atoms with E-state index in [0.29, 0.717) is 11.3 Å². The molecular formula is C26H27F4N3O3. The molecule has 0 spiro atoms. The molecule has 0 saturated heterocycles. The molecular weight excluding hydrogens is 478 g/mol. The summed E-state index contributed by atoms with van der Waals surface area (Å²) in [7, 11) is 1.41. The van der Waals surface area contributed by atoms with Crippen LogP contribution in [-0.2, 0) is 11.1 Å². The van der Waals surface area contributed by atoms with Crippen LogP contribution in [0.3, 0.4) is 0 Å². The van der Waals surface area contributed by atoms with Gasteiger partial charge in [0, 0.05) is 16.7 Å². The van der Waals surface area contributed by atoms with Crippen molar-refractivity contribution in [3.63, 3.8) is 0 Å². The lowest BCUT2D eigenvalue weighted by atomic mass is 9.89. The van der Waals surface area contributed by atoms with Crippen LogP contribution in [0.2, 0.25) is 0 Å². The molecule has 0 aliphatic heterocycles. The number of carbonyl (C=O) groups excluding carboxylic acids is 1. The Morgan fingerprint density at radius 1 is 1.08 bits per heavy atom. The van der Waals surface area contributed by atoms with Crippen molar-refractivity contribution in [3.05, 3.63) is 82.8 Å². The van der Waals surface area contributed by atoms with Crippen LogP contribution in [-0.4, -0.2) is 35.8 Å². The van der Waals surface area contributed by atoms with Crippen molar-refractivity contribution in [1.82, 2.24) is 10.3 Å². The molecule has 3 aromatic rings. The Kier molecular flexibility index (Phi) is 7.42. The second-order valence-electron chi connectivity index (χ2n) is 9.08. The zero-order valence-corrected chi connectivity index (χ0v) is 20.2. The summed E-state index contributed by atoms with van der Waals surface area (Å²) in [5.41, 5.74) is 2.17. The van der Waals surface area contributed by atoms with Crippen LogP contribution in [0.25, 0.3) is 11.3 Å². The van der Waals surface area contributed by atoms with E-state index in [0.717, 1.165) is 23.8 Å². The van der Waals surface area contributed by atoms with E-state index in [4.69, 9.17) is 10.5 Å². The van der Waals surface area contributed by atoms with E-state index in [2.05, 4.69) is 10.3 Å². The molecule has 0 bridgehead atoms. The van der Waals surface area contributed by atoms with Gasteiger partial charge in [-0.3, -0.25) is 4.79 Å². The minimum absolute atomic E-state index is 0.0540. The van der Waals surface area contributed by atoms with Gasteiger partial charge in [-0.05, 0) is 80.4 Å². The van der Waals surface area contributed by atoms with Crippen molar-refractivity contribution >= 4 is 5.91 Å². The molecule has 0 saturated carbocycles. The zero-order chi connectivity index (χ0) is 26.9. The number of nitrogens with zero attached hydrogens (tertiary/aromatic N) is 1. The average Bonchev–Trinajstić information content (AvgIpc) is 2.81. The van der Waals surface area contributed by atoms with E-state index in [1.165, 1.54) is 37.4 Å². The summed E-state index contributed by atoms with van der Waals surface area (Å²) in [6, 6.07) is 11.9. The number of amides is 1. The molecule has 1 unspecified atom stereocenters. The molecule has 1 heterocycles. The highest BCUT2D eigenvalue weighted by molar-refractivity contribution is 5.94. The Morgan fingerprint density at radius 3 is 2.28 bits per heavy atom. The lowest BCUT2D eigenvalue weighted by Crippen LogP contribution is -2.51. The van der Waals surface area contributed by atoms with Crippen LogP contribution in [0.5, 0.6) is 5.75 Å². The molecule has 1 atom stereocenters. The summed E-state index contributed by atoms with van der Waals surface area (Å²) in [5.74, 6) is -0.987. The fourth-order valence-corrected chi connectivity index (χ4v) is 3.49. The van der Waals surface area contributed by atoms with Crippen molar-refractivity contribution in [2.75, 3.05) is 13.7 Å². The maximum absolute atomic E-state index is 14.3. The van der Waals surface area contributed by atoms with Crippen molar-refractivity contribution in [2.24, 2.45) is 5.73 Å². The molecule has 6 nitrogen and oxygen atoms in total. The number of aliphatic hydroxyl groups is 1. The number of carbonyl (C=O) groups is 1. The molecule has 0 aliphatic carbocycles. The van der Waals surface area contributed by atoms with Crippen molar-refractivity contribution in [1.29, 1.82) is 0 Å². The lowest BCUT2D eigenvalue weighted by Gasteiger charge is -2.32. The minimum atomic E-state index is -5.21. The van der Waals surface area contributed by atoms with Crippen molar-refractivity contribution in [3.8, 4) is 17.0 Å². The van der Waals surface area contributed by atoms with Gasteiger partial charge in [-0.15, -0.1) is 0 Å². The van der Waals surface area contributed by atoms with E-state index in [1.807, 2.05) is 0 Å². The topological polar surface area (TPSA) is 97.5 Å². The number of hydrogen-bond donors (Lipinski definition) is 3. The van der Waals surface area contributed by atoms with Gasteiger partial charge in [-0.2, -0.15) is 13.2 Å². The predicted octanol–water partition coefficient (Wildman–Crippen LogP) is 4.58. The monoisotopic (exact) mass is 505 g/mol. The van der Waals surface area contributed by atoms with Gasteiger partial charge in [0.2, 0.25) is 5.60 Å². The highest BCUT2D eigenvalue weighted by Gasteiger charge is 2.56. The third-order valence-corrected chi connectivity index (χ3v) is 5.78.